The lowest BCUT2D eigenvalue weighted by molar-refractivity contribution is 0.104. The molecule has 0 radical (unpaired) electrons. The van der Waals surface area contributed by atoms with E-state index in [1.807, 2.05) is 10.9 Å². The van der Waals surface area contributed by atoms with Gasteiger partial charge in [0.25, 0.3) is 0 Å². The van der Waals surface area contributed by atoms with Crippen LogP contribution in [0.3, 0.4) is 0 Å². The zero-order valence-electron chi connectivity index (χ0n) is 11.2. The van der Waals surface area contributed by atoms with Gasteiger partial charge in [-0.2, -0.15) is 0 Å². The SMILES string of the molecule is C[C@@H]1C[C@@]2(Cn3ccnn3)C[C@H]2N1C(C)(C)C. The lowest BCUT2D eigenvalue weighted by Gasteiger charge is -2.37. The maximum atomic E-state index is 4.11. The summed E-state index contributed by atoms with van der Waals surface area (Å²) in [7, 11) is 0. The highest BCUT2D eigenvalue weighted by molar-refractivity contribution is 5.17. The molecule has 1 aliphatic carbocycles. The highest BCUT2D eigenvalue weighted by Crippen LogP contribution is 2.61. The second-order valence-corrected chi connectivity index (χ2v) is 6.81. The third-order valence-corrected chi connectivity index (χ3v) is 4.38. The molecule has 0 unspecified atom stereocenters. The Labute approximate surface area is 103 Å². The summed E-state index contributed by atoms with van der Waals surface area (Å²) in [4.78, 5) is 2.70. The molecule has 17 heavy (non-hydrogen) atoms. The number of hydrogen-bond acceptors (Lipinski definition) is 3. The first-order valence-corrected chi connectivity index (χ1v) is 6.55. The summed E-state index contributed by atoms with van der Waals surface area (Å²) in [6, 6.07) is 1.44. The molecule has 0 spiro atoms. The summed E-state index contributed by atoms with van der Waals surface area (Å²) < 4.78 is 2.00. The Kier molecular flexibility index (Phi) is 2.18. The molecule has 0 amide bonds. The average molecular weight is 234 g/mol. The molecule has 0 aromatic carbocycles. The minimum absolute atomic E-state index is 0.282. The smallest absolute Gasteiger partial charge is 0.0692 e. The first-order chi connectivity index (χ1) is 7.92. The van der Waals surface area contributed by atoms with Crippen LogP contribution in [-0.4, -0.2) is 37.5 Å². The van der Waals surface area contributed by atoms with Gasteiger partial charge in [0.1, 0.15) is 0 Å². The molecule has 2 fully saturated rings. The minimum Gasteiger partial charge on any atom is -0.292 e. The van der Waals surface area contributed by atoms with E-state index in [0.717, 1.165) is 12.6 Å². The van der Waals surface area contributed by atoms with Crippen LogP contribution in [0.25, 0.3) is 0 Å². The van der Waals surface area contributed by atoms with Gasteiger partial charge >= 0.3 is 0 Å². The molecule has 2 aliphatic rings. The first-order valence-electron chi connectivity index (χ1n) is 6.55. The van der Waals surface area contributed by atoms with Crippen LogP contribution in [0.1, 0.15) is 40.5 Å². The number of aromatic nitrogens is 3. The van der Waals surface area contributed by atoms with E-state index in [9.17, 15) is 0 Å². The van der Waals surface area contributed by atoms with Gasteiger partial charge in [0.15, 0.2) is 0 Å². The van der Waals surface area contributed by atoms with Gasteiger partial charge in [0.2, 0.25) is 0 Å². The maximum Gasteiger partial charge on any atom is 0.0692 e. The lowest BCUT2D eigenvalue weighted by atomic mass is 9.99. The van der Waals surface area contributed by atoms with Crippen molar-refractivity contribution in [1.82, 2.24) is 19.9 Å². The zero-order valence-corrected chi connectivity index (χ0v) is 11.2. The maximum absolute atomic E-state index is 4.11. The highest BCUT2D eigenvalue weighted by atomic mass is 15.4. The molecule has 4 nitrogen and oxygen atoms in total. The summed E-state index contributed by atoms with van der Waals surface area (Å²) in [6.07, 6.45) is 6.38. The number of nitrogens with zero attached hydrogens (tertiary/aromatic N) is 4. The van der Waals surface area contributed by atoms with Crippen molar-refractivity contribution in [2.24, 2.45) is 5.41 Å². The number of rotatable bonds is 2. The molecule has 0 bridgehead atoms. The van der Waals surface area contributed by atoms with Crippen LogP contribution < -0.4 is 0 Å². The van der Waals surface area contributed by atoms with E-state index < -0.39 is 0 Å². The zero-order chi connectivity index (χ0) is 12.3. The molecule has 4 heteroatoms. The van der Waals surface area contributed by atoms with E-state index in [-0.39, 0.29) is 5.54 Å². The molecule has 1 aromatic rings. The van der Waals surface area contributed by atoms with Crippen molar-refractivity contribution < 1.29 is 0 Å². The summed E-state index contributed by atoms with van der Waals surface area (Å²) in [6.45, 7) is 10.4. The van der Waals surface area contributed by atoms with Crippen LogP contribution in [0.15, 0.2) is 12.4 Å². The molecule has 1 aromatic heterocycles. The minimum atomic E-state index is 0.282. The summed E-state index contributed by atoms with van der Waals surface area (Å²) >= 11 is 0. The second-order valence-electron chi connectivity index (χ2n) is 6.81. The van der Waals surface area contributed by atoms with Gasteiger partial charge in [0.05, 0.1) is 6.20 Å². The van der Waals surface area contributed by atoms with Gasteiger partial charge in [0, 0.05) is 35.8 Å². The van der Waals surface area contributed by atoms with Gasteiger partial charge in [-0.15, -0.1) is 5.10 Å². The van der Waals surface area contributed by atoms with Crippen LogP contribution in [0, 0.1) is 5.41 Å². The van der Waals surface area contributed by atoms with Crippen LogP contribution in [0.5, 0.6) is 0 Å². The molecule has 2 heterocycles. The predicted molar refractivity (Wildman–Crippen MR) is 66.5 cm³/mol. The van der Waals surface area contributed by atoms with E-state index in [0.29, 0.717) is 11.5 Å². The summed E-state index contributed by atoms with van der Waals surface area (Å²) in [5.41, 5.74) is 0.755. The van der Waals surface area contributed by atoms with Crippen LogP contribution in [-0.2, 0) is 6.54 Å². The van der Waals surface area contributed by atoms with Crippen molar-refractivity contribution in [3.05, 3.63) is 12.4 Å². The fraction of sp³-hybridized carbons (Fsp3) is 0.846. The van der Waals surface area contributed by atoms with Gasteiger partial charge in [-0.25, -0.2) is 0 Å². The van der Waals surface area contributed by atoms with Crippen LogP contribution in [0.4, 0.5) is 0 Å². The number of fused-ring (bicyclic) bond motifs is 1. The standard InChI is InChI=1S/C13H22N4/c1-10-7-13(9-16-6-5-14-15-16)8-11(13)17(10)12(2,3)4/h5-6,10-11H,7-9H2,1-4H3/t10-,11-,13+/m1/s1. The van der Waals surface area contributed by atoms with Crippen molar-refractivity contribution in [2.75, 3.05) is 0 Å². The van der Waals surface area contributed by atoms with Crippen LogP contribution >= 0.6 is 0 Å². The van der Waals surface area contributed by atoms with Crippen LogP contribution in [0.2, 0.25) is 0 Å². The first kappa shape index (κ1) is 11.2. The fourth-order valence-corrected chi connectivity index (χ4v) is 3.94. The van der Waals surface area contributed by atoms with Gasteiger partial charge in [-0.1, -0.05) is 5.21 Å². The van der Waals surface area contributed by atoms with Crippen molar-refractivity contribution in [1.29, 1.82) is 0 Å². The third kappa shape index (κ3) is 1.69. The number of hydrogen-bond donors (Lipinski definition) is 0. The van der Waals surface area contributed by atoms with Gasteiger partial charge in [-0.05, 0) is 40.5 Å². The van der Waals surface area contributed by atoms with Crippen molar-refractivity contribution >= 4 is 0 Å². The summed E-state index contributed by atoms with van der Waals surface area (Å²) in [5, 5.41) is 8.01. The average Bonchev–Trinajstić information content (AvgIpc) is 2.61. The molecule has 1 aliphatic heterocycles. The van der Waals surface area contributed by atoms with E-state index in [1.54, 1.807) is 6.20 Å². The molecular formula is C13H22N4. The van der Waals surface area contributed by atoms with Crippen molar-refractivity contribution in [3.63, 3.8) is 0 Å². The Morgan fingerprint density at radius 2 is 2.12 bits per heavy atom. The molecule has 1 saturated heterocycles. The highest BCUT2D eigenvalue weighted by Gasteiger charge is 2.65. The van der Waals surface area contributed by atoms with E-state index >= 15 is 0 Å². The van der Waals surface area contributed by atoms with Gasteiger partial charge < -0.3 is 0 Å². The van der Waals surface area contributed by atoms with Crippen molar-refractivity contribution in [3.8, 4) is 0 Å². The number of piperidine rings is 1. The Morgan fingerprint density at radius 1 is 1.35 bits per heavy atom. The molecule has 94 valence electrons. The molecule has 3 rings (SSSR count). The fourth-order valence-electron chi connectivity index (χ4n) is 3.94. The Bertz CT molecular complexity index is 406. The Hall–Kier alpha value is -0.900. The van der Waals surface area contributed by atoms with E-state index in [4.69, 9.17) is 0 Å². The quantitative estimate of drug-likeness (QED) is 0.784. The molecule has 1 saturated carbocycles. The number of likely N-dealkylation sites (tertiary alicyclic amines) is 1. The van der Waals surface area contributed by atoms with Crippen molar-refractivity contribution in [2.45, 2.75) is 64.7 Å². The molecule has 3 atom stereocenters. The third-order valence-electron chi connectivity index (χ3n) is 4.38. The summed E-state index contributed by atoms with van der Waals surface area (Å²) in [5.74, 6) is 0. The largest absolute Gasteiger partial charge is 0.292 e. The van der Waals surface area contributed by atoms with Gasteiger partial charge in [-0.3, -0.25) is 9.58 Å². The Balaban J connectivity index is 1.77. The second kappa shape index (κ2) is 3.31. The normalized spacial score (nSPS) is 37.2. The molecule has 0 N–H and O–H groups in total. The monoisotopic (exact) mass is 234 g/mol. The lowest BCUT2D eigenvalue weighted by Crippen LogP contribution is -2.45. The predicted octanol–water partition coefficient (Wildman–Crippen LogP) is 1.93. The van der Waals surface area contributed by atoms with E-state index in [1.165, 1.54) is 12.8 Å². The Morgan fingerprint density at radius 3 is 2.65 bits per heavy atom. The topological polar surface area (TPSA) is 34.0 Å². The molecular weight excluding hydrogens is 212 g/mol. The van der Waals surface area contributed by atoms with E-state index in [2.05, 4.69) is 42.9 Å².